The third-order valence-electron chi connectivity index (χ3n) is 4.08. The summed E-state index contributed by atoms with van der Waals surface area (Å²) in [6, 6.07) is 4.09. The molecule has 0 saturated heterocycles. The normalized spacial score (nSPS) is 13.7. The molecule has 0 aromatic carbocycles. The minimum atomic E-state index is 0.128. The molecular formula is C16H17N3OS2. The number of hydrogen-bond donors (Lipinski definition) is 1. The standard InChI is InChI=1S/C16H17N3OS2/c1-19(7-8-20)15-13-10-4-2-5-11(10)22-16(13)18-14(17-15)12-6-3-9-21-12/h3,6,9,20H,2,4-5,7-8H2,1H3. The van der Waals surface area contributed by atoms with Crippen LogP contribution < -0.4 is 4.90 Å². The van der Waals surface area contributed by atoms with Gasteiger partial charge in [-0.2, -0.15) is 0 Å². The summed E-state index contributed by atoms with van der Waals surface area (Å²) in [6.07, 6.45) is 3.51. The van der Waals surface area contributed by atoms with Gasteiger partial charge in [-0.25, -0.2) is 9.97 Å². The number of aliphatic hydroxyl groups excluding tert-OH is 1. The summed E-state index contributed by atoms with van der Waals surface area (Å²) in [4.78, 5) is 15.3. The highest BCUT2D eigenvalue weighted by molar-refractivity contribution is 7.19. The fraction of sp³-hybridized carbons (Fsp3) is 0.375. The van der Waals surface area contributed by atoms with Crippen LogP contribution in [-0.4, -0.2) is 35.3 Å². The van der Waals surface area contributed by atoms with E-state index in [1.165, 1.54) is 22.2 Å². The van der Waals surface area contributed by atoms with Crippen molar-refractivity contribution in [2.24, 2.45) is 0 Å². The van der Waals surface area contributed by atoms with Gasteiger partial charge in [-0.1, -0.05) is 6.07 Å². The molecule has 22 heavy (non-hydrogen) atoms. The quantitative estimate of drug-likeness (QED) is 0.796. The molecule has 0 saturated carbocycles. The van der Waals surface area contributed by atoms with E-state index in [0.29, 0.717) is 6.54 Å². The maximum absolute atomic E-state index is 9.29. The molecule has 0 unspecified atom stereocenters. The molecular weight excluding hydrogens is 314 g/mol. The molecule has 3 aromatic rings. The van der Waals surface area contributed by atoms with E-state index in [9.17, 15) is 5.11 Å². The van der Waals surface area contributed by atoms with Crippen molar-refractivity contribution >= 4 is 38.7 Å². The van der Waals surface area contributed by atoms with Crippen molar-refractivity contribution in [3.05, 3.63) is 28.0 Å². The van der Waals surface area contributed by atoms with Gasteiger partial charge in [-0.05, 0) is 36.3 Å². The van der Waals surface area contributed by atoms with E-state index in [0.717, 1.165) is 34.2 Å². The molecule has 0 radical (unpaired) electrons. The Kier molecular flexibility index (Phi) is 3.60. The number of fused-ring (bicyclic) bond motifs is 3. The number of aryl methyl sites for hydroxylation is 2. The molecule has 3 heterocycles. The van der Waals surface area contributed by atoms with Gasteiger partial charge in [-0.3, -0.25) is 0 Å². The van der Waals surface area contributed by atoms with Gasteiger partial charge in [0.15, 0.2) is 5.82 Å². The Labute approximate surface area is 137 Å². The largest absolute Gasteiger partial charge is 0.395 e. The Bertz CT molecular complexity index is 811. The first-order valence-electron chi connectivity index (χ1n) is 7.46. The smallest absolute Gasteiger partial charge is 0.173 e. The third-order valence-corrected chi connectivity index (χ3v) is 6.14. The first-order chi connectivity index (χ1) is 10.8. The van der Waals surface area contributed by atoms with Crippen LogP contribution >= 0.6 is 22.7 Å². The van der Waals surface area contributed by atoms with Gasteiger partial charge in [0.25, 0.3) is 0 Å². The van der Waals surface area contributed by atoms with Crippen LogP contribution in [0.5, 0.6) is 0 Å². The van der Waals surface area contributed by atoms with Crippen LogP contribution in [0.15, 0.2) is 17.5 Å². The van der Waals surface area contributed by atoms with E-state index in [4.69, 9.17) is 9.97 Å². The summed E-state index contributed by atoms with van der Waals surface area (Å²) < 4.78 is 0. The number of hydrogen-bond acceptors (Lipinski definition) is 6. The maximum Gasteiger partial charge on any atom is 0.173 e. The van der Waals surface area contributed by atoms with E-state index < -0.39 is 0 Å². The van der Waals surface area contributed by atoms with Crippen molar-refractivity contribution in [3.63, 3.8) is 0 Å². The highest BCUT2D eigenvalue weighted by Gasteiger charge is 2.24. The molecule has 3 aromatic heterocycles. The molecule has 1 N–H and O–H groups in total. The van der Waals surface area contributed by atoms with Crippen molar-refractivity contribution in [1.82, 2.24) is 9.97 Å². The van der Waals surface area contributed by atoms with Gasteiger partial charge >= 0.3 is 0 Å². The summed E-state index contributed by atoms with van der Waals surface area (Å²) in [6.45, 7) is 0.712. The van der Waals surface area contributed by atoms with Gasteiger partial charge in [0.05, 0.1) is 16.9 Å². The van der Waals surface area contributed by atoms with E-state index in [1.807, 2.05) is 29.4 Å². The van der Waals surface area contributed by atoms with E-state index in [-0.39, 0.29) is 6.61 Å². The Morgan fingerprint density at radius 3 is 3.00 bits per heavy atom. The van der Waals surface area contributed by atoms with Crippen LogP contribution in [0.25, 0.3) is 20.9 Å². The van der Waals surface area contributed by atoms with Crippen molar-refractivity contribution in [2.45, 2.75) is 19.3 Å². The molecule has 1 aliphatic rings. The summed E-state index contributed by atoms with van der Waals surface area (Å²) in [5.74, 6) is 1.75. The molecule has 0 fully saturated rings. The lowest BCUT2D eigenvalue weighted by atomic mass is 10.2. The molecule has 0 amide bonds. The topological polar surface area (TPSA) is 49.2 Å². The minimum absolute atomic E-state index is 0.128. The first-order valence-corrected chi connectivity index (χ1v) is 9.15. The number of likely N-dealkylation sites (N-methyl/N-ethyl adjacent to an activating group) is 1. The van der Waals surface area contributed by atoms with Crippen LogP contribution in [0.1, 0.15) is 16.9 Å². The minimum Gasteiger partial charge on any atom is -0.395 e. The van der Waals surface area contributed by atoms with Gasteiger partial charge in [0, 0.05) is 18.5 Å². The van der Waals surface area contributed by atoms with Crippen molar-refractivity contribution in [2.75, 3.05) is 25.1 Å². The number of nitrogens with zero attached hydrogens (tertiary/aromatic N) is 3. The van der Waals surface area contributed by atoms with Crippen LogP contribution in [0, 0.1) is 0 Å². The van der Waals surface area contributed by atoms with Crippen LogP contribution in [-0.2, 0) is 12.8 Å². The Morgan fingerprint density at radius 2 is 2.23 bits per heavy atom. The molecule has 114 valence electrons. The highest BCUT2D eigenvalue weighted by atomic mass is 32.1. The van der Waals surface area contributed by atoms with Gasteiger partial charge in [-0.15, -0.1) is 22.7 Å². The predicted molar refractivity (Wildman–Crippen MR) is 93.1 cm³/mol. The monoisotopic (exact) mass is 331 g/mol. The predicted octanol–water partition coefficient (Wildman–Crippen LogP) is 3.34. The zero-order valence-corrected chi connectivity index (χ0v) is 14.0. The molecule has 4 nitrogen and oxygen atoms in total. The van der Waals surface area contributed by atoms with Gasteiger partial charge < -0.3 is 10.0 Å². The van der Waals surface area contributed by atoms with Crippen LogP contribution in [0.3, 0.4) is 0 Å². The summed E-state index contributed by atoms with van der Waals surface area (Å²) in [5.41, 5.74) is 1.43. The number of anilines is 1. The first kappa shape index (κ1) is 14.1. The van der Waals surface area contributed by atoms with Gasteiger partial charge in [0.2, 0.25) is 0 Å². The Balaban J connectivity index is 1.95. The van der Waals surface area contributed by atoms with E-state index >= 15 is 0 Å². The number of aliphatic hydroxyl groups is 1. The van der Waals surface area contributed by atoms with E-state index in [1.54, 1.807) is 11.3 Å². The third kappa shape index (κ3) is 2.22. The second kappa shape index (κ2) is 5.61. The van der Waals surface area contributed by atoms with Crippen LogP contribution in [0.2, 0.25) is 0 Å². The Morgan fingerprint density at radius 1 is 1.32 bits per heavy atom. The lowest BCUT2D eigenvalue weighted by Gasteiger charge is -2.19. The van der Waals surface area contributed by atoms with Gasteiger partial charge in [0.1, 0.15) is 10.6 Å². The molecule has 0 aliphatic heterocycles. The van der Waals surface area contributed by atoms with Crippen molar-refractivity contribution in [3.8, 4) is 10.7 Å². The lowest BCUT2D eigenvalue weighted by molar-refractivity contribution is 0.304. The highest BCUT2D eigenvalue weighted by Crippen LogP contribution is 2.41. The Hall–Kier alpha value is -1.50. The molecule has 6 heteroatoms. The SMILES string of the molecule is CN(CCO)c1nc(-c2cccs2)nc2sc3c(c12)CCC3. The van der Waals surface area contributed by atoms with Crippen LogP contribution in [0.4, 0.5) is 5.82 Å². The second-order valence-electron chi connectivity index (χ2n) is 5.53. The number of thiophene rings is 2. The maximum atomic E-state index is 9.29. The summed E-state index contributed by atoms with van der Waals surface area (Å²) in [7, 11) is 2.00. The average Bonchev–Trinajstić information content (AvgIpc) is 3.22. The molecule has 4 rings (SSSR count). The van der Waals surface area contributed by atoms with Crippen molar-refractivity contribution in [1.29, 1.82) is 0 Å². The summed E-state index contributed by atoms with van der Waals surface area (Å²) in [5, 5.41) is 12.5. The fourth-order valence-electron chi connectivity index (χ4n) is 3.02. The zero-order valence-electron chi connectivity index (χ0n) is 12.4. The zero-order chi connectivity index (χ0) is 15.1. The van der Waals surface area contributed by atoms with Crippen molar-refractivity contribution < 1.29 is 5.11 Å². The molecule has 1 aliphatic carbocycles. The lowest BCUT2D eigenvalue weighted by Crippen LogP contribution is -2.23. The molecule has 0 bridgehead atoms. The number of aromatic nitrogens is 2. The average molecular weight is 331 g/mol. The summed E-state index contributed by atoms with van der Waals surface area (Å²) >= 11 is 3.47. The molecule has 0 spiro atoms. The molecule has 0 atom stereocenters. The fourth-order valence-corrected chi connectivity index (χ4v) is 4.94. The van der Waals surface area contributed by atoms with E-state index in [2.05, 4.69) is 11.4 Å². The number of rotatable bonds is 4. The second-order valence-corrected chi connectivity index (χ2v) is 7.56.